The van der Waals surface area contributed by atoms with Crippen LogP contribution >= 0.6 is 11.5 Å². The lowest BCUT2D eigenvalue weighted by Gasteiger charge is -2.14. The molecule has 1 aromatic heterocycles. The van der Waals surface area contributed by atoms with Crippen molar-refractivity contribution in [3.63, 3.8) is 0 Å². The molecule has 5 nitrogen and oxygen atoms in total. The fraction of sp³-hybridized carbons (Fsp3) is 0.250. The molecule has 0 aliphatic heterocycles. The molecule has 2 amide bonds. The third-order valence-corrected chi connectivity index (χ3v) is 3.19. The van der Waals surface area contributed by atoms with Crippen LogP contribution in [0.15, 0.2) is 24.3 Å². The van der Waals surface area contributed by atoms with Gasteiger partial charge in [0, 0.05) is 11.5 Å². The Morgan fingerprint density at radius 3 is 2.63 bits per heavy atom. The Hall–Kier alpha value is -2.02. The van der Waals surface area contributed by atoms with E-state index in [1.54, 1.807) is 19.1 Å². The number of carbonyl (C=O) groups excluding carboxylic acids is 1. The molecule has 0 bridgehead atoms. The maximum atomic E-state index is 12.8. The number of anilines is 1. The van der Waals surface area contributed by atoms with Crippen molar-refractivity contribution >= 4 is 22.7 Å². The molecule has 1 aromatic carbocycles. The molecule has 7 heteroatoms. The smallest absolute Gasteiger partial charge is 0.321 e. The number of aryl methyl sites for hydroxylation is 1. The van der Waals surface area contributed by atoms with E-state index in [9.17, 15) is 9.18 Å². The summed E-state index contributed by atoms with van der Waals surface area (Å²) in [6.45, 7) is 3.57. The summed E-state index contributed by atoms with van der Waals surface area (Å²) in [6.07, 6.45) is 0. The number of amides is 2. The second kappa shape index (κ2) is 5.75. The monoisotopic (exact) mass is 280 g/mol. The second-order valence-corrected chi connectivity index (χ2v) is 4.77. The van der Waals surface area contributed by atoms with E-state index in [1.807, 2.05) is 6.92 Å². The van der Waals surface area contributed by atoms with Crippen molar-refractivity contribution in [1.82, 2.24) is 14.7 Å². The van der Waals surface area contributed by atoms with Crippen LogP contribution < -0.4 is 10.6 Å². The lowest BCUT2D eigenvalue weighted by Crippen LogP contribution is -2.31. The predicted molar refractivity (Wildman–Crippen MR) is 71.6 cm³/mol. The highest BCUT2D eigenvalue weighted by Crippen LogP contribution is 2.14. The Kier molecular flexibility index (Phi) is 4.06. The van der Waals surface area contributed by atoms with Crippen LogP contribution in [-0.4, -0.2) is 15.4 Å². The highest BCUT2D eigenvalue weighted by Gasteiger charge is 2.11. The van der Waals surface area contributed by atoms with Gasteiger partial charge in [-0.15, -0.1) is 0 Å². The van der Waals surface area contributed by atoms with Gasteiger partial charge in [-0.1, -0.05) is 12.1 Å². The molecule has 19 heavy (non-hydrogen) atoms. The number of nitrogens with zero attached hydrogens (tertiary/aromatic N) is 2. The van der Waals surface area contributed by atoms with Crippen LogP contribution in [0.4, 0.5) is 14.3 Å². The Morgan fingerprint density at radius 2 is 2.05 bits per heavy atom. The van der Waals surface area contributed by atoms with Crippen LogP contribution in [0.1, 0.15) is 24.4 Å². The molecule has 0 aliphatic carbocycles. The zero-order valence-corrected chi connectivity index (χ0v) is 11.3. The summed E-state index contributed by atoms with van der Waals surface area (Å²) >= 11 is 1.12. The first kappa shape index (κ1) is 13.4. The van der Waals surface area contributed by atoms with E-state index < -0.39 is 0 Å². The number of aromatic nitrogens is 2. The maximum Gasteiger partial charge on any atom is 0.321 e. The van der Waals surface area contributed by atoms with E-state index in [1.165, 1.54) is 12.1 Å². The number of hydrogen-bond donors (Lipinski definition) is 2. The Morgan fingerprint density at radius 1 is 1.37 bits per heavy atom. The fourth-order valence-corrected chi connectivity index (χ4v) is 2.08. The van der Waals surface area contributed by atoms with E-state index in [0.717, 1.165) is 17.1 Å². The number of benzene rings is 1. The molecule has 100 valence electrons. The summed E-state index contributed by atoms with van der Waals surface area (Å²) in [5.74, 6) is 0.316. The van der Waals surface area contributed by atoms with Gasteiger partial charge in [0.1, 0.15) is 11.6 Å². The van der Waals surface area contributed by atoms with E-state index in [-0.39, 0.29) is 17.9 Å². The van der Waals surface area contributed by atoms with Crippen LogP contribution in [-0.2, 0) is 0 Å². The average Bonchev–Trinajstić information content (AvgIpc) is 2.75. The van der Waals surface area contributed by atoms with Crippen LogP contribution in [0, 0.1) is 12.7 Å². The summed E-state index contributed by atoms with van der Waals surface area (Å²) in [5.41, 5.74) is 0.824. The summed E-state index contributed by atoms with van der Waals surface area (Å²) in [4.78, 5) is 15.7. The molecule has 0 aliphatic rings. The first-order chi connectivity index (χ1) is 9.04. The molecule has 0 saturated carbocycles. The molecule has 0 unspecified atom stereocenters. The van der Waals surface area contributed by atoms with Gasteiger partial charge < -0.3 is 5.32 Å². The van der Waals surface area contributed by atoms with Gasteiger partial charge in [0.15, 0.2) is 0 Å². The van der Waals surface area contributed by atoms with Crippen molar-refractivity contribution in [2.45, 2.75) is 19.9 Å². The molecule has 2 aromatic rings. The third kappa shape index (κ3) is 3.72. The molecule has 2 N–H and O–H groups in total. The van der Waals surface area contributed by atoms with Gasteiger partial charge in [0.25, 0.3) is 0 Å². The lowest BCUT2D eigenvalue weighted by molar-refractivity contribution is 0.249. The number of rotatable bonds is 3. The summed E-state index contributed by atoms with van der Waals surface area (Å²) < 4.78 is 16.8. The van der Waals surface area contributed by atoms with Crippen molar-refractivity contribution in [3.8, 4) is 0 Å². The number of urea groups is 1. The Balaban J connectivity index is 1.93. The Labute approximate surface area is 114 Å². The summed E-state index contributed by atoms with van der Waals surface area (Å²) in [6, 6.07) is 5.40. The van der Waals surface area contributed by atoms with Crippen LogP contribution in [0.2, 0.25) is 0 Å². The summed E-state index contributed by atoms with van der Waals surface area (Å²) in [7, 11) is 0. The minimum Gasteiger partial charge on any atom is -0.331 e. The van der Waals surface area contributed by atoms with E-state index in [0.29, 0.717) is 11.0 Å². The van der Waals surface area contributed by atoms with Gasteiger partial charge in [-0.05, 0) is 31.5 Å². The quantitative estimate of drug-likeness (QED) is 0.908. The van der Waals surface area contributed by atoms with E-state index in [4.69, 9.17) is 0 Å². The average molecular weight is 280 g/mol. The molecule has 1 heterocycles. The van der Waals surface area contributed by atoms with Crippen molar-refractivity contribution in [1.29, 1.82) is 0 Å². The molecular formula is C12H13FN4OS. The predicted octanol–water partition coefficient (Wildman–Crippen LogP) is 2.87. The molecule has 0 spiro atoms. The third-order valence-electron chi connectivity index (χ3n) is 2.47. The number of halogens is 1. The van der Waals surface area contributed by atoms with Crippen LogP contribution in [0.5, 0.6) is 0 Å². The molecule has 0 fully saturated rings. The molecule has 1 atom stereocenters. The van der Waals surface area contributed by atoms with Gasteiger partial charge in [0.2, 0.25) is 5.13 Å². The largest absolute Gasteiger partial charge is 0.331 e. The Bertz CT molecular complexity index is 569. The minimum absolute atomic E-state index is 0.227. The zero-order chi connectivity index (χ0) is 13.8. The SMILES string of the molecule is Cc1nsc(NC(=O)N[C@@H](C)c2ccc(F)cc2)n1. The highest BCUT2D eigenvalue weighted by molar-refractivity contribution is 7.09. The van der Waals surface area contributed by atoms with E-state index >= 15 is 0 Å². The molecule has 0 saturated heterocycles. The molecule has 2 rings (SSSR count). The molecular weight excluding hydrogens is 267 g/mol. The van der Waals surface area contributed by atoms with Gasteiger partial charge >= 0.3 is 6.03 Å². The lowest BCUT2D eigenvalue weighted by atomic mass is 10.1. The second-order valence-electron chi connectivity index (χ2n) is 4.02. The first-order valence-electron chi connectivity index (χ1n) is 5.68. The number of carbonyl (C=O) groups is 1. The highest BCUT2D eigenvalue weighted by atomic mass is 32.1. The normalized spacial score (nSPS) is 11.9. The van der Waals surface area contributed by atoms with Crippen LogP contribution in [0.3, 0.4) is 0 Å². The van der Waals surface area contributed by atoms with Crippen molar-refractivity contribution in [3.05, 3.63) is 41.5 Å². The van der Waals surface area contributed by atoms with E-state index in [2.05, 4.69) is 20.0 Å². The molecule has 0 radical (unpaired) electrons. The van der Waals surface area contributed by atoms with Crippen molar-refractivity contribution in [2.24, 2.45) is 0 Å². The maximum absolute atomic E-state index is 12.8. The first-order valence-corrected chi connectivity index (χ1v) is 6.45. The van der Waals surface area contributed by atoms with Gasteiger partial charge in [-0.25, -0.2) is 14.2 Å². The van der Waals surface area contributed by atoms with Gasteiger partial charge in [-0.2, -0.15) is 4.37 Å². The number of nitrogens with one attached hydrogen (secondary N) is 2. The van der Waals surface area contributed by atoms with Crippen LogP contribution in [0.25, 0.3) is 0 Å². The topological polar surface area (TPSA) is 66.9 Å². The van der Waals surface area contributed by atoms with Gasteiger partial charge in [-0.3, -0.25) is 5.32 Å². The number of hydrogen-bond acceptors (Lipinski definition) is 4. The summed E-state index contributed by atoms with van der Waals surface area (Å²) in [5, 5.41) is 5.78. The minimum atomic E-state index is -0.368. The zero-order valence-electron chi connectivity index (χ0n) is 10.5. The van der Waals surface area contributed by atoms with Crippen molar-refractivity contribution in [2.75, 3.05) is 5.32 Å². The van der Waals surface area contributed by atoms with Gasteiger partial charge in [0.05, 0.1) is 6.04 Å². The standard InChI is InChI=1S/C12H13FN4OS/c1-7(9-3-5-10(13)6-4-9)14-11(18)16-12-15-8(2)17-19-12/h3-7H,1-2H3,(H2,14,15,16,17,18)/t7-/m0/s1. The fourth-order valence-electron chi connectivity index (χ4n) is 1.51. The van der Waals surface area contributed by atoms with Crippen molar-refractivity contribution < 1.29 is 9.18 Å².